The van der Waals surface area contributed by atoms with Crippen LogP contribution in [0.2, 0.25) is 0 Å². The van der Waals surface area contributed by atoms with Crippen LogP contribution in [-0.4, -0.2) is 57.7 Å². The molecule has 0 spiro atoms. The fourth-order valence-electron chi connectivity index (χ4n) is 4.03. The minimum absolute atomic E-state index is 0.0259. The highest BCUT2D eigenvalue weighted by atomic mass is 16.7. The number of nitrogens with zero attached hydrogens (tertiary/aromatic N) is 4. The second-order valence-electron chi connectivity index (χ2n) is 7.15. The van der Waals surface area contributed by atoms with Crippen LogP contribution in [0, 0.1) is 5.92 Å². The Morgan fingerprint density at radius 1 is 1.08 bits per heavy atom. The van der Waals surface area contributed by atoms with Crippen molar-refractivity contribution in [3.8, 4) is 0 Å². The van der Waals surface area contributed by atoms with Gasteiger partial charge in [0.25, 0.3) is 0 Å². The van der Waals surface area contributed by atoms with Crippen molar-refractivity contribution in [3.05, 3.63) is 16.3 Å². The predicted molar refractivity (Wildman–Crippen MR) is 89.0 cm³/mol. The van der Waals surface area contributed by atoms with Crippen LogP contribution < -0.4 is 5.69 Å². The summed E-state index contributed by atoms with van der Waals surface area (Å²) < 4.78 is 14.2. The van der Waals surface area contributed by atoms with Gasteiger partial charge in [-0.2, -0.15) is 5.10 Å². The first kappa shape index (κ1) is 16.8. The number of ether oxygens (including phenoxy) is 2. The molecule has 8 nitrogen and oxygen atoms in total. The number of aryl methyl sites for hydroxylation is 1. The van der Waals surface area contributed by atoms with Gasteiger partial charge in [-0.15, -0.1) is 0 Å². The number of hydrogen-bond donors (Lipinski definition) is 0. The van der Waals surface area contributed by atoms with Crippen molar-refractivity contribution < 1.29 is 14.3 Å². The maximum atomic E-state index is 12.6. The molecule has 1 aromatic rings. The molecule has 0 radical (unpaired) electrons. The maximum absolute atomic E-state index is 12.6. The molecule has 1 amide bonds. The molecule has 0 saturated carbocycles. The lowest BCUT2D eigenvalue weighted by Gasteiger charge is -2.33. The molecule has 2 fully saturated rings. The number of piperidine rings is 1. The topological polar surface area (TPSA) is 78.6 Å². The first-order valence-corrected chi connectivity index (χ1v) is 9.40. The highest BCUT2D eigenvalue weighted by Crippen LogP contribution is 2.25. The summed E-state index contributed by atoms with van der Waals surface area (Å²) in [5.41, 5.74) is -0.145. The first-order valence-electron chi connectivity index (χ1n) is 9.40. The third-order valence-electron chi connectivity index (χ3n) is 5.49. The molecule has 0 aromatic carbocycles. The number of amides is 1. The second-order valence-corrected chi connectivity index (χ2v) is 7.15. The number of aromatic nitrogens is 3. The van der Waals surface area contributed by atoms with Gasteiger partial charge in [0, 0.05) is 32.0 Å². The van der Waals surface area contributed by atoms with Gasteiger partial charge in [0.05, 0.1) is 13.2 Å². The lowest BCUT2D eigenvalue weighted by molar-refractivity contribution is -0.137. The van der Waals surface area contributed by atoms with Crippen molar-refractivity contribution in [2.45, 2.75) is 57.9 Å². The highest BCUT2D eigenvalue weighted by molar-refractivity contribution is 5.75. The zero-order valence-electron chi connectivity index (χ0n) is 14.6. The quantitative estimate of drug-likeness (QED) is 0.788. The zero-order valence-corrected chi connectivity index (χ0v) is 14.6. The Kier molecular flexibility index (Phi) is 4.89. The van der Waals surface area contributed by atoms with Gasteiger partial charge in [0.15, 0.2) is 6.29 Å². The van der Waals surface area contributed by atoms with Gasteiger partial charge in [-0.05, 0) is 25.7 Å². The van der Waals surface area contributed by atoms with Crippen LogP contribution in [0.15, 0.2) is 4.79 Å². The Morgan fingerprint density at radius 3 is 2.60 bits per heavy atom. The summed E-state index contributed by atoms with van der Waals surface area (Å²) in [7, 11) is 0. The molecule has 0 N–H and O–H groups in total. The van der Waals surface area contributed by atoms with E-state index in [1.54, 1.807) is 4.57 Å². The molecule has 138 valence electrons. The first-order chi connectivity index (χ1) is 12.2. The Balaban J connectivity index is 1.36. The van der Waals surface area contributed by atoms with Crippen LogP contribution in [-0.2, 0) is 33.8 Å². The van der Waals surface area contributed by atoms with Crippen LogP contribution in [0.3, 0.4) is 0 Å². The van der Waals surface area contributed by atoms with E-state index in [4.69, 9.17) is 9.47 Å². The summed E-state index contributed by atoms with van der Waals surface area (Å²) in [6.45, 7) is 3.47. The van der Waals surface area contributed by atoms with E-state index in [1.165, 1.54) is 4.68 Å². The van der Waals surface area contributed by atoms with Crippen LogP contribution in [0.4, 0.5) is 0 Å². The maximum Gasteiger partial charge on any atom is 0.346 e. The minimum atomic E-state index is -0.145. The SMILES string of the molecule is O=C(Cn1nc2n(c1=O)CCCCC2)N1CCC(C2OCCO2)CC1. The average molecular weight is 350 g/mol. The van der Waals surface area contributed by atoms with Gasteiger partial charge < -0.3 is 14.4 Å². The molecule has 25 heavy (non-hydrogen) atoms. The van der Waals surface area contributed by atoms with Gasteiger partial charge in [-0.25, -0.2) is 9.48 Å². The van der Waals surface area contributed by atoms with Crippen molar-refractivity contribution in [1.82, 2.24) is 19.2 Å². The molecular weight excluding hydrogens is 324 g/mol. The molecule has 0 unspecified atom stereocenters. The molecule has 1 aromatic heterocycles. The van der Waals surface area contributed by atoms with Gasteiger partial charge in [-0.3, -0.25) is 9.36 Å². The lowest BCUT2D eigenvalue weighted by Crippen LogP contribution is -2.44. The van der Waals surface area contributed by atoms with Crippen LogP contribution in [0.5, 0.6) is 0 Å². The van der Waals surface area contributed by atoms with Gasteiger partial charge in [0.2, 0.25) is 5.91 Å². The minimum Gasteiger partial charge on any atom is -0.350 e. The number of rotatable bonds is 3. The molecule has 3 aliphatic rings. The van der Waals surface area contributed by atoms with E-state index < -0.39 is 0 Å². The summed E-state index contributed by atoms with van der Waals surface area (Å²) in [6.07, 6.45) is 5.67. The monoisotopic (exact) mass is 350 g/mol. The van der Waals surface area contributed by atoms with E-state index in [1.807, 2.05) is 4.90 Å². The van der Waals surface area contributed by atoms with Crippen molar-refractivity contribution in [3.63, 3.8) is 0 Å². The van der Waals surface area contributed by atoms with Gasteiger partial charge in [0.1, 0.15) is 12.4 Å². The van der Waals surface area contributed by atoms with E-state index >= 15 is 0 Å². The number of carbonyl (C=O) groups is 1. The fourth-order valence-corrected chi connectivity index (χ4v) is 4.03. The van der Waals surface area contributed by atoms with Crippen molar-refractivity contribution in [2.24, 2.45) is 5.92 Å². The number of carbonyl (C=O) groups excluding carboxylic acids is 1. The third kappa shape index (κ3) is 3.50. The van der Waals surface area contributed by atoms with E-state index in [9.17, 15) is 9.59 Å². The summed E-state index contributed by atoms with van der Waals surface area (Å²) in [4.78, 5) is 26.9. The zero-order chi connectivity index (χ0) is 17.2. The number of likely N-dealkylation sites (tertiary alicyclic amines) is 1. The number of hydrogen-bond acceptors (Lipinski definition) is 5. The van der Waals surface area contributed by atoms with Gasteiger partial charge >= 0.3 is 5.69 Å². The smallest absolute Gasteiger partial charge is 0.346 e. The molecule has 0 aliphatic carbocycles. The molecule has 4 heterocycles. The van der Waals surface area contributed by atoms with Crippen molar-refractivity contribution >= 4 is 5.91 Å². The predicted octanol–water partition coefficient (Wildman–Crippen LogP) is 0.383. The van der Waals surface area contributed by atoms with Crippen LogP contribution >= 0.6 is 0 Å². The summed E-state index contributed by atoms with van der Waals surface area (Å²) >= 11 is 0. The summed E-state index contributed by atoms with van der Waals surface area (Å²) in [5.74, 6) is 1.16. The number of fused-ring (bicyclic) bond motifs is 1. The lowest BCUT2D eigenvalue weighted by atomic mass is 9.96. The second kappa shape index (κ2) is 7.29. The molecule has 2 saturated heterocycles. The summed E-state index contributed by atoms with van der Waals surface area (Å²) in [6, 6.07) is 0. The highest BCUT2D eigenvalue weighted by Gasteiger charge is 2.32. The van der Waals surface area contributed by atoms with Crippen molar-refractivity contribution in [2.75, 3.05) is 26.3 Å². The summed E-state index contributed by atoms with van der Waals surface area (Å²) in [5, 5.41) is 4.40. The molecule has 8 heteroatoms. The Bertz CT molecular complexity index is 669. The Labute approximate surface area is 146 Å². The van der Waals surface area contributed by atoms with Crippen LogP contribution in [0.1, 0.15) is 37.9 Å². The third-order valence-corrected chi connectivity index (χ3v) is 5.49. The standard InChI is InChI=1S/C17H26N4O4/c22-15(19-8-5-13(6-9-19)16-24-10-11-25-16)12-21-17(23)20-7-3-1-2-4-14(20)18-21/h13,16H,1-12H2. The van der Waals surface area contributed by atoms with E-state index in [0.717, 1.165) is 50.9 Å². The average Bonchev–Trinajstić information content (AvgIpc) is 3.19. The van der Waals surface area contributed by atoms with Crippen LogP contribution in [0.25, 0.3) is 0 Å². The van der Waals surface area contributed by atoms with Gasteiger partial charge in [-0.1, -0.05) is 6.42 Å². The Hall–Kier alpha value is -1.67. The largest absolute Gasteiger partial charge is 0.350 e. The Morgan fingerprint density at radius 2 is 1.84 bits per heavy atom. The fraction of sp³-hybridized carbons (Fsp3) is 0.824. The molecule has 3 aliphatic heterocycles. The molecule has 4 rings (SSSR count). The van der Waals surface area contributed by atoms with E-state index in [-0.39, 0.29) is 24.4 Å². The molecular formula is C17H26N4O4. The molecule has 0 bridgehead atoms. The normalized spacial score (nSPS) is 22.8. The van der Waals surface area contributed by atoms with E-state index in [0.29, 0.717) is 32.2 Å². The van der Waals surface area contributed by atoms with E-state index in [2.05, 4.69) is 5.10 Å². The molecule has 0 atom stereocenters. The van der Waals surface area contributed by atoms with Crippen molar-refractivity contribution in [1.29, 1.82) is 0 Å².